The van der Waals surface area contributed by atoms with E-state index < -0.39 is 10.0 Å². The molecule has 1 fully saturated rings. The molecule has 4 nitrogen and oxygen atoms in total. The molecule has 112 valence electrons. The standard InChI is InChI=1S/C14H21ClN2O2S/c1-11-4-3-7-17(10-11)20(18,19)14-8-12(9-16-2)5-6-13(14)15/h5-6,8,11,16H,3-4,7,9-10H2,1-2H3. The molecule has 6 heteroatoms. The summed E-state index contributed by atoms with van der Waals surface area (Å²) in [5.74, 6) is 0.401. The normalized spacial score (nSPS) is 21.1. The fourth-order valence-corrected chi connectivity index (χ4v) is 4.69. The first-order valence-electron chi connectivity index (χ1n) is 6.88. The molecule has 1 heterocycles. The SMILES string of the molecule is CNCc1ccc(Cl)c(S(=O)(=O)N2CCCC(C)C2)c1. The summed E-state index contributed by atoms with van der Waals surface area (Å²) in [6.45, 7) is 3.87. The van der Waals surface area contributed by atoms with Crippen LogP contribution in [-0.2, 0) is 16.6 Å². The van der Waals surface area contributed by atoms with Gasteiger partial charge in [0.1, 0.15) is 4.90 Å². The smallest absolute Gasteiger partial charge is 0.244 e. The number of halogens is 1. The summed E-state index contributed by atoms with van der Waals surface area (Å²) >= 11 is 6.11. The van der Waals surface area contributed by atoms with Crippen LogP contribution in [0.2, 0.25) is 5.02 Å². The largest absolute Gasteiger partial charge is 0.316 e. The third-order valence-electron chi connectivity index (χ3n) is 3.61. The predicted molar refractivity (Wildman–Crippen MR) is 81.4 cm³/mol. The van der Waals surface area contributed by atoms with Crippen molar-refractivity contribution in [2.24, 2.45) is 5.92 Å². The lowest BCUT2D eigenvalue weighted by atomic mass is 10.0. The van der Waals surface area contributed by atoms with Crippen LogP contribution < -0.4 is 5.32 Å². The highest BCUT2D eigenvalue weighted by Gasteiger charge is 2.30. The lowest BCUT2D eigenvalue weighted by Crippen LogP contribution is -2.39. The van der Waals surface area contributed by atoms with Crippen LogP contribution in [-0.4, -0.2) is 32.9 Å². The van der Waals surface area contributed by atoms with Crippen molar-refractivity contribution in [2.75, 3.05) is 20.1 Å². The number of nitrogens with zero attached hydrogens (tertiary/aromatic N) is 1. The van der Waals surface area contributed by atoms with E-state index in [1.54, 1.807) is 16.4 Å². The molecule has 2 rings (SSSR count). The summed E-state index contributed by atoms with van der Waals surface area (Å²) in [4.78, 5) is 0.223. The van der Waals surface area contributed by atoms with Crippen LogP contribution in [0.5, 0.6) is 0 Å². The van der Waals surface area contributed by atoms with Gasteiger partial charge in [0.2, 0.25) is 10.0 Å². The van der Waals surface area contributed by atoms with E-state index >= 15 is 0 Å². The molecule has 0 spiro atoms. The van der Waals surface area contributed by atoms with Crippen molar-refractivity contribution in [3.8, 4) is 0 Å². The minimum Gasteiger partial charge on any atom is -0.316 e. The van der Waals surface area contributed by atoms with E-state index in [2.05, 4.69) is 12.2 Å². The zero-order valence-corrected chi connectivity index (χ0v) is 13.5. The Balaban J connectivity index is 2.35. The summed E-state index contributed by atoms with van der Waals surface area (Å²) in [5.41, 5.74) is 0.917. The number of hydrogen-bond acceptors (Lipinski definition) is 3. The zero-order valence-electron chi connectivity index (χ0n) is 11.9. The van der Waals surface area contributed by atoms with Gasteiger partial charge in [0, 0.05) is 19.6 Å². The van der Waals surface area contributed by atoms with E-state index in [-0.39, 0.29) is 4.90 Å². The first-order valence-corrected chi connectivity index (χ1v) is 8.70. The Kier molecular flexibility index (Phi) is 5.07. The maximum absolute atomic E-state index is 12.7. The Morgan fingerprint density at radius 1 is 1.45 bits per heavy atom. The van der Waals surface area contributed by atoms with Crippen LogP contribution in [0.15, 0.2) is 23.1 Å². The molecule has 0 saturated carbocycles. The Morgan fingerprint density at radius 3 is 2.85 bits per heavy atom. The average Bonchev–Trinajstić information content (AvgIpc) is 2.41. The second-order valence-electron chi connectivity index (χ2n) is 5.41. The third-order valence-corrected chi connectivity index (χ3v) is 5.96. The number of nitrogens with one attached hydrogen (secondary N) is 1. The van der Waals surface area contributed by atoms with E-state index in [4.69, 9.17) is 11.6 Å². The van der Waals surface area contributed by atoms with Crippen molar-refractivity contribution < 1.29 is 8.42 Å². The Labute approximate surface area is 126 Å². The highest BCUT2D eigenvalue weighted by atomic mass is 35.5. The molecule has 0 aromatic heterocycles. The first-order chi connectivity index (χ1) is 9.45. The van der Waals surface area contributed by atoms with Gasteiger partial charge in [-0.3, -0.25) is 0 Å². The molecule has 1 atom stereocenters. The molecule has 0 bridgehead atoms. The molecular weight excluding hydrogens is 296 g/mol. The monoisotopic (exact) mass is 316 g/mol. The van der Waals surface area contributed by atoms with Gasteiger partial charge in [-0.1, -0.05) is 24.6 Å². The van der Waals surface area contributed by atoms with E-state index in [9.17, 15) is 8.42 Å². The van der Waals surface area contributed by atoms with E-state index in [0.29, 0.717) is 30.6 Å². The Morgan fingerprint density at radius 2 is 2.20 bits per heavy atom. The minimum atomic E-state index is -3.49. The molecule has 0 radical (unpaired) electrons. The number of benzene rings is 1. The quantitative estimate of drug-likeness (QED) is 0.928. The van der Waals surface area contributed by atoms with Gasteiger partial charge >= 0.3 is 0 Å². The molecule has 1 saturated heterocycles. The van der Waals surface area contributed by atoms with Gasteiger partial charge < -0.3 is 5.32 Å². The molecule has 1 aromatic carbocycles. The molecule has 1 aliphatic heterocycles. The number of piperidine rings is 1. The van der Waals surface area contributed by atoms with Crippen LogP contribution >= 0.6 is 11.6 Å². The average molecular weight is 317 g/mol. The van der Waals surface area contributed by atoms with Gasteiger partial charge in [0.15, 0.2) is 0 Å². The second-order valence-corrected chi connectivity index (χ2v) is 7.72. The van der Waals surface area contributed by atoms with Gasteiger partial charge in [-0.05, 0) is 43.5 Å². The van der Waals surface area contributed by atoms with Crippen molar-refractivity contribution in [3.05, 3.63) is 28.8 Å². The van der Waals surface area contributed by atoms with Crippen LogP contribution in [0, 0.1) is 5.92 Å². The molecule has 20 heavy (non-hydrogen) atoms. The lowest BCUT2D eigenvalue weighted by molar-refractivity contribution is 0.281. The van der Waals surface area contributed by atoms with E-state index in [1.165, 1.54) is 0 Å². The number of hydrogen-bond donors (Lipinski definition) is 1. The summed E-state index contributed by atoms with van der Waals surface area (Å²) in [6.07, 6.45) is 1.99. The van der Waals surface area contributed by atoms with Crippen molar-refractivity contribution in [1.29, 1.82) is 0 Å². The summed E-state index contributed by atoms with van der Waals surface area (Å²) < 4.78 is 27.0. The predicted octanol–water partition coefficient (Wildman–Crippen LogP) is 2.48. The molecule has 1 unspecified atom stereocenters. The van der Waals surface area contributed by atoms with Crippen LogP contribution in [0.3, 0.4) is 0 Å². The van der Waals surface area contributed by atoms with Crippen LogP contribution in [0.25, 0.3) is 0 Å². The lowest BCUT2D eigenvalue weighted by Gasteiger charge is -2.30. The fourth-order valence-electron chi connectivity index (χ4n) is 2.56. The maximum Gasteiger partial charge on any atom is 0.244 e. The highest BCUT2D eigenvalue weighted by molar-refractivity contribution is 7.89. The third kappa shape index (κ3) is 3.34. The minimum absolute atomic E-state index is 0.223. The van der Waals surface area contributed by atoms with E-state index in [1.807, 2.05) is 13.1 Å². The van der Waals surface area contributed by atoms with Crippen LogP contribution in [0.1, 0.15) is 25.3 Å². The van der Waals surface area contributed by atoms with Gasteiger partial charge in [-0.15, -0.1) is 0 Å². The highest BCUT2D eigenvalue weighted by Crippen LogP contribution is 2.29. The van der Waals surface area contributed by atoms with Gasteiger partial charge in [0.05, 0.1) is 5.02 Å². The Hall–Kier alpha value is -0.620. The molecule has 0 amide bonds. The van der Waals surface area contributed by atoms with Crippen LogP contribution in [0.4, 0.5) is 0 Å². The van der Waals surface area contributed by atoms with Crippen molar-refractivity contribution in [2.45, 2.75) is 31.2 Å². The fraction of sp³-hybridized carbons (Fsp3) is 0.571. The van der Waals surface area contributed by atoms with E-state index in [0.717, 1.165) is 18.4 Å². The second kappa shape index (κ2) is 6.43. The molecule has 1 N–H and O–H groups in total. The number of sulfonamides is 1. The van der Waals surface area contributed by atoms with Gasteiger partial charge in [-0.25, -0.2) is 8.42 Å². The topological polar surface area (TPSA) is 49.4 Å². The molecular formula is C14H21ClN2O2S. The summed E-state index contributed by atoms with van der Waals surface area (Å²) in [7, 11) is -1.66. The van der Waals surface area contributed by atoms with Gasteiger partial charge in [-0.2, -0.15) is 4.31 Å². The summed E-state index contributed by atoms with van der Waals surface area (Å²) in [6, 6.07) is 5.18. The first kappa shape index (κ1) is 15.8. The molecule has 0 aliphatic carbocycles. The molecule has 1 aliphatic rings. The zero-order chi connectivity index (χ0) is 14.8. The van der Waals surface area contributed by atoms with Crippen molar-refractivity contribution in [1.82, 2.24) is 9.62 Å². The maximum atomic E-state index is 12.7. The number of rotatable bonds is 4. The Bertz CT molecular complexity index is 575. The van der Waals surface area contributed by atoms with Crippen molar-refractivity contribution in [3.63, 3.8) is 0 Å². The van der Waals surface area contributed by atoms with Crippen molar-refractivity contribution >= 4 is 21.6 Å². The molecule has 1 aromatic rings. The summed E-state index contributed by atoms with van der Waals surface area (Å²) in [5, 5.41) is 3.31. The van der Waals surface area contributed by atoms with Gasteiger partial charge in [0.25, 0.3) is 0 Å².